The van der Waals surface area contributed by atoms with Gasteiger partial charge in [-0.15, -0.1) is 0 Å². The molecule has 300 valence electrons. The summed E-state index contributed by atoms with van der Waals surface area (Å²) in [5.74, 6) is -0.963. The lowest BCUT2D eigenvalue weighted by Crippen LogP contribution is -2.61. The average Bonchev–Trinajstić information content (AvgIpc) is 3.12. The molecule has 2 fully saturated rings. The second-order valence-electron chi connectivity index (χ2n) is 13.8. The van der Waals surface area contributed by atoms with E-state index in [4.69, 9.17) is 28.4 Å². The van der Waals surface area contributed by atoms with Crippen LogP contribution in [0.25, 0.3) is 0 Å². The molecular formula is C36H66O15. The van der Waals surface area contributed by atoms with Gasteiger partial charge in [-0.1, -0.05) is 97.3 Å². The molecule has 2 aliphatic heterocycles. The highest BCUT2D eigenvalue weighted by Gasteiger charge is 2.47. The van der Waals surface area contributed by atoms with Crippen LogP contribution in [0, 0.1) is 0 Å². The first kappa shape index (κ1) is 45.7. The van der Waals surface area contributed by atoms with Crippen LogP contribution in [-0.4, -0.2) is 142 Å². The molecule has 11 atom stereocenters. The van der Waals surface area contributed by atoms with E-state index in [9.17, 15) is 45.3 Å². The number of hydrogen-bond acceptors (Lipinski definition) is 15. The van der Waals surface area contributed by atoms with Crippen molar-refractivity contribution in [1.82, 2.24) is 0 Å². The van der Waals surface area contributed by atoms with Gasteiger partial charge in [-0.3, -0.25) is 9.59 Å². The third-order valence-corrected chi connectivity index (χ3v) is 9.34. The highest BCUT2D eigenvalue weighted by Crippen LogP contribution is 2.26. The van der Waals surface area contributed by atoms with Crippen molar-refractivity contribution in [2.24, 2.45) is 0 Å². The van der Waals surface area contributed by atoms with E-state index in [0.29, 0.717) is 12.8 Å². The molecule has 2 aliphatic rings. The number of hydrogen-bond donors (Lipinski definition) is 7. The zero-order valence-electron chi connectivity index (χ0n) is 30.6. The van der Waals surface area contributed by atoms with E-state index in [2.05, 4.69) is 6.92 Å². The Labute approximate surface area is 302 Å². The molecule has 0 aromatic heterocycles. The third-order valence-electron chi connectivity index (χ3n) is 9.34. The van der Waals surface area contributed by atoms with Crippen molar-refractivity contribution in [3.05, 3.63) is 0 Å². The number of carbonyl (C=O) groups excluding carboxylic acids is 2. The Hall–Kier alpha value is -1.50. The van der Waals surface area contributed by atoms with Gasteiger partial charge >= 0.3 is 11.9 Å². The third kappa shape index (κ3) is 17.0. The van der Waals surface area contributed by atoms with Crippen LogP contribution in [-0.2, 0) is 38.0 Å². The quantitative estimate of drug-likeness (QED) is 0.0470. The van der Waals surface area contributed by atoms with Crippen molar-refractivity contribution in [2.45, 2.75) is 191 Å². The summed E-state index contributed by atoms with van der Waals surface area (Å²) in [7, 11) is 0. The maximum absolute atomic E-state index is 12.7. The summed E-state index contributed by atoms with van der Waals surface area (Å²) in [5.41, 5.74) is 0. The molecule has 2 rings (SSSR count). The topological polar surface area (TPSA) is 231 Å². The summed E-state index contributed by atoms with van der Waals surface area (Å²) in [6.45, 7) is 2.28. The lowest BCUT2D eigenvalue weighted by molar-refractivity contribution is -0.332. The molecule has 0 aliphatic carbocycles. The highest BCUT2D eigenvalue weighted by molar-refractivity contribution is 5.70. The highest BCUT2D eigenvalue weighted by atomic mass is 16.7. The fourth-order valence-corrected chi connectivity index (χ4v) is 6.02. The Morgan fingerprint density at radius 3 is 1.57 bits per heavy atom. The van der Waals surface area contributed by atoms with E-state index in [0.717, 1.165) is 25.7 Å². The first-order chi connectivity index (χ1) is 24.5. The van der Waals surface area contributed by atoms with Crippen LogP contribution in [0.2, 0.25) is 0 Å². The number of unbranched alkanes of at least 4 members (excludes halogenated alkanes) is 13. The lowest BCUT2D eigenvalue weighted by Gasteiger charge is -2.42. The molecular weight excluding hydrogens is 672 g/mol. The summed E-state index contributed by atoms with van der Waals surface area (Å²) in [5, 5.41) is 71.2. The standard InChI is InChI=1S/C36H66O15/c1-3-5-7-8-9-10-11-12-13-14-15-16-17-19-28(39)49-24(21-46-27(38)18-6-4-2)22-47-35-34(45)32(43)30(41)26(51-35)23-48-36-33(44)31(42)29(40)25(20-37)50-36/h24-26,29-37,40-45H,3-23H2,1-2H3. The van der Waals surface area contributed by atoms with Gasteiger partial charge in [0.05, 0.1) is 19.8 Å². The Balaban J connectivity index is 1.83. The van der Waals surface area contributed by atoms with Crippen LogP contribution in [0.5, 0.6) is 0 Å². The van der Waals surface area contributed by atoms with Gasteiger partial charge in [-0.2, -0.15) is 0 Å². The van der Waals surface area contributed by atoms with Gasteiger partial charge in [0.15, 0.2) is 18.7 Å². The van der Waals surface area contributed by atoms with Crippen LogP contribution < -0.4 is 0 Å². The Bertz CT molecular complexity index is 923. The van der Waals surface area contributed by atoms with E-state index in [1.807, 2.05) is 6.92 Å². The van der Waals surface area contributed by atoms with Crippen molar-refractivity contribution >= 4 is 11.9 Å². The summed E-state index contributed by atoms with van der Waals surface area (Å²) < 4.78 is 32.9. The second kappa shape index (κ2) is 26.3. The molecule has 15 heteroatoms. The molecule has 7 N–H and O–H groups in total. The normalized spacial score (nSPS) is 30.2. The van der Waals surface area contributed by atoms with Crippen molar-refractivity contribution in [2.75, 3.05) is 26.4 Å². The number of ether oxygens (including phenoxy) is 6. The maximum atomic E-state index is 12.7. The average molecular weight is 739 g/mol. The van der Waals surface area contributed by atoms with E-state index in [-0.39, 0.29) is 26.1 Å². The summed E-state index contributed by atoms with van der Waals surface area (Å²) in [6, 6.07) is 0. The molecule has 15 nitrogen and oxygen atoms in total. The monoisotopic (exact) mass is 738 g/mol. The van der Waals surface area contributed by atoms with E-state index >= 15 is 0 Å². The zero-order valence-corrected chi connectivity index (χ0v) is 30.6. The van der Waals surface area contributed by atoms with Crippen LogP contribution in [0.1, 0.15) is 123 Å². The van der Waals surface area contributed by atoms with E-state index < -0.39 is 92.7 Å². The summed E-state index contributed by atoms with van der Waals surface area (Å²) >= 11 is 0. The van der Waals surface area contributed by atoms with Crippen molar-refractivity contribution in [3.63, 3.8) is 0 Å². The minimum absolute atomic E-state index is 0.170. The van der Waals surface area contributed by atoms with Gasteiger partial charge in [0, 0.05) is 12.8 Å². The van der Waals surface area contributed by atoms with Crippen LogP contribution in [0.3, 0.4) is 0 Å². The summed E-state index contributed by atoms with van der Waals surface area (Å²) in [6.07, 6.45) is 0.191. The number of rotatable bonds is 27. The van der Waals surface area contributed by atoms with Crippen molar-refractivity contribution in [3.8, 4) is 0 Å². The molecule has 51 heavy (non-hydrogen) atoms. The SMILES string of the molecule is CCCCCCCCCCCCCCCC(=O)OC(COC(=O)CCCC)COC1OC(COC2OC(CO)C(O)C(O)C2O)C(O)C(O)C1O. The molecule has 11 unspecified atom stereocenters. The first-order valence-corrected chi connectivity index (χ1v) is 19.1. The van der Waals surface area contributed by atoms with E-state index in [1.165, 1.54) is 57.8 Å². The van der Waals surface area contributed by atoms with Gasteiger partial charge in [-0.25, -0.2) is 0 Å². The van der Waals surface area contributed by atoms with Gasteiger partial charge in [0.1, 0.15) is 55.4 Å². The molecule has 0 aromatic rings. The van der Waals surface area contributed by atoms with Gasteiger partial charge < -0.3 is 64.2 Å². The first-order valence-electron chi connectivity index (χ1n) is 19.1. The summed E-state index contributed by atoms with van der Waals surface area (Å²) in [4.78, 5) is 24.9. The van der Waals surface area contributed by atoms with Crippen LogP contribution in [0.15, 0.2) is 0 Å². The minimum atomic E-state index is -1.75. The van der Waals surface area contributed by atoms with Crippen molar-refractivity contribution in [1.29, 1.82) is 0 Å². The minimum Gasteiger partial charge on any atom is -0.462 e. The Morgan fingerprint density at radius 2 is 1.02 bits per heavy atom. The van der Waals surface area contributed by atoms with Crippen molar-refractivity contribution < 1.29 is 73.8 Å². The van der Waals surface area contributed by atoms with Crippen LogP contribution >= 0.6 is 0 Å². The molecule has 0 saturated carbocycles. The smallest absolute Gasteiger partial charge is 0.306 e. The van der Waals surface area contributed by atoms with Gasteiger partial charge in [0.2, 0.25) is 0 Å². The molecule has 0 spiro atoms. The predicted octanol–water partition coefficient (Wildman–Crippen LogP) is 1.75. The second-order valence-corrected chi connectivity index (χ2v) is 13.8. The largest absolute Gasteiger partial charge is 0.462 e. The molecule has 2 heterocycles. The number of aliphatic hydroxyl groups is 7. The Morgan fingerprint density at radius 1 is 0.549 bits per heavy atom. The predicted molar refractivity (Wildman–Crippen MR) is 183 cm³/mol. The van der Waals surface area contributed by atoms with E-state index in [1.54, 1.807) is 0 Å². The Kier molecular flexibility index (Phi) is 23.5. The number of esters is 2. The number of aliphatic hydroxyl groups excluding tert-OH is 7. The fourth-order valence-electron chi connectivity index (χ4n) is 6.02. The zero-order chi connectivity index (χ0) is 37.6. The molecule has 0 bridgehead atoms. The maximum Gasteiger partial charge on any atom is 0.306 e. The molecule has 0 amide bonds. The molecule has 0 aromatic carbocycles. The van der Waals surface area contributed by atoms with Crippen LogP contribution in [0.4, 0.5) is 0 Å². The number of carbonyl (C=O) groups is 2. The van der Waals surface area contributed by atoms with Gasteiger partial charge in [0.25, 0.3) is 0 Å². The lowest BCUT2D eigenvalue weighted by atomic mass is 9.98. The van der Waals surface area contributed by atoms with Gasteiger partial charge in [-0.05, 0) is 12.8 Å². The molecule has 0 radical (unpaired) electrons. The fraction of sp³-hybridized carbons (Fsp3) is 0.944. The molecule has 2 saturated heterocycles.